The Labute approximate surface area is 199 Å². The van der Waals surface area contributed by atoms with Gasteiger partial charge in [0.25, 0.3) is 5.91 Å². The van der Waals surface area contributed by atoms with Crippen molar-refractivity contribution in [3.05, 3.63) is 78.2 Å². The Balaban J connectivity index is 1.43. The summed E-state index contributed by atoms with van der Waals surface area (Å²) in [6.45, 7) is 2.52. The van der Waals surface area contributed by atoms with Gasteiger partial charge in [-0.15, -0.1) is 0 Å². The third kappa shape index (κ3) is 4.31. The molecule has 0 bridgehead atoms. The van der Waals surface area contributed by atoms with E-state index >= 15 is 0 Å². The number of carbonyl (C=O) groups excluding carboxylic acids is 1. The summed E-state index contributed by atoms with van der Waals surface area (Å²) in [5.74, 6) is -0.125. The lowest BCUT2D eigenvalue weighted by molar-refractivity contribution is -0.137. The molecule has 7 nitrogen and oxygen atoms in total. The predicted molar refractivity (Wildman–Crippen MR) is 122 cm³/mol. The van der Waals surface area contributed by atoms with Crippen LogP contribution in [-0.4, -0.2) is 49.1 Å². The van der Waals surface area contributed by atoms with Crippen molar-refractivity contribution < 1.29 is 22.7 Å². The third-order valence-corrected chi connectivity index (χ3v) is 6.25. The SMILES string of the molecule is C[C@@]1(COc2ccc(C(F)(F)F)cn2)CCCN1C(=O)c1c(-c2ccccn2)nn2ccccc12. The standard InChI is InChI=1S/C25H22F3N5O2/c1-24(16-35-20-10-9-17(15-30-20)25(26,27)28)11-6-13-32(24)23(34)21-19-8-3-5-14-33(19)31-22(21)18-7-2-4-12-29-18/h2-5,7-10,12,14-15H,6,11,13,16H2,1H3/t24-/m0/s1. The average Bonchev–Trinajstić information content (AvgIpc) is 3.44. The Morgan fingerprint density at radius 1 is 1.11 bits per heavy atom. The number of aromatic nitrogens is 4. The number of ether oxygens (including phenoxy) is 1. The number of pyridine rings is 3. The van der Waals surface area contributed by atoms with Crippen molar-refractivity contribution >= 4 is 11.4 Å². The van der Waals surface area contributed by atoms with Gasteiger partial charge >= 0.3 is 6.18 Å². The summed E-state index contributed by atoms with van der Waals surface area (Å²) in [4.78, 5) is 23.9. The van der Waals surface area contributed by atoms with Crippen molar-refractivity contribution in [1.29, 1.82) is 0 Å². The first-order chi connectivity index (χ1) is 16.8. The van der Waals surface area contributed by atoms with Crippen LogP contribution in [0.4, 0.5) is 13.2 Å². The number of carbonyl (C=O) groups is 1. The smallest absolute Gasteiger partial charge is 0.417 e. The molecule has 0 N–H and O–H groups in total. The second-order valence-electron chi connectivity index (χ2n) is 8.70. The second kappa shape index (κ2) is 8.68. The zero-order valence-corrected chi connectivity index (χ0v) is 18.9. The minimum atomic E-state index is -4.47. The maximum Gasteiger partial charge on any atom is 0.417 e. The highest BCUT2D eigenvalue weighted by Gasteiger charge is 2.42. The molecule has 4 aromatic rings. The van der Waals surface area contributed by atoms with Crippen molar-refractivity contribution in [3.63, 3.8) is 0 Å². The zero-order chi connectivity index (χ0) is 24.6. The normalized spacial score (nSPS) is 18.2. The fourth-order valence-electron chi connectivity index (χ4n) is 4.41. The van der Waals surface area contributed by atoms with Crippen LogP contribution >= 0.6 is 0 Å². The van der Waals surface area contributed by atoms with E-state index in [1.807, 2.05) is 31.2 Å². The summed E-state index contributed by atoms with van der Waals surface area (Å²) in [7, 11) is 0. The van der Waals surface area contributed by atoms with Crippen LogP contribution in [-0.2, 0) is 6.18 Å². The summed E-state index contributed by atoms with van der Waals surface area (Å²) in [5, 5.41) is 4.62. The fraction of sp³-hybridized carbons (Fsp3) is 0.280. The molecular weight excluding hydrogens is 459 g/mol. The summed E-state index contributed by atoms with van der Waals surface area (Å²) in [5.41, 5.74) is 0.671. The Hall–Kier alpha value is -3.95. The van der Waals surface area contributed by atoms with Crippen LogP contribution in [0.3, 0.4) is 0 Å². The van der Waals surface area contributed by atoms with Gasteiger partial charge in [0, 0.05) is 31.2 Å². The summed E-state index contributed by atoms with van der Waals surface area (Å²) in [6.07, 6.45) is 1.15. The molecule has 1 aliphatic heterocycles. The largest absolute Gasteiger partial charge is 0.475 e. The van der Waals surface area contributed by atoms with E-state index in [0.29, 0.717) is 35.4 Å². The van der Waals surface area contributed by atoms with Crippen molar-refractivity contribution in [3.8, 4) is 17.3 Å². The van der Waals surface area contributed by atoms with E-state index in [9.17, 15) is 18.0 Å². The topological polar surface area (TPSA) is 72.6 Å². The molecule has 0 aromatic carbocycles. The van der Waals surface area contributed by atoms with E-state index < -0.39 is 17.3 Å². The van der Waals surface area contributed by atoms with Gasteiger partial charge in [0.2, 0.25) is 5.88 Å². The van der Waals surface area contributed by atoms with Crippen LogP contribution in [0.25, 0.3) is 16.9 Å². The molecule has 0 saturated carbocycles. The molecule has 5 heterocycles. The Morgan fingerprint density at radius 3 is 2.66 bits per heavy atom. The number of hydrogen-bond acceptors (Lipinski definition) is 5. The first-order valence-corrected chi connectivity index (χ1v) is 11.1. The molecule has 35 heavy (non-hydrogen) atoms. The molecule has 1 atom stereocenters. The minimum absolute atomic E-state index is 0.0729. The number of amides is 1. The van der Waals surface area contributed by atoms with E-state index in [2.05, 4.69) is 15.1 Å². The molecule has 0 radical (unpaired) electrons. The Kier molecular flexibility index (Phi) is 5.66. The number of hydrogen-bond donors (Lipinski definition) is 0. The van der Waals surface area contributed by atoms with E-state index in [1.54, 1.807) is 33.9 Å². The Bertz CT molecular complexity index is 1360. The zero-order valence-electron chi connectivity index (χ0n) is 18.9. The monoisotopic (exact) mass is 481 g/mol. The number of likely N-dealkylation sites (tertiary alicyclic amines) is 1. The number of halogens is 3. The van der Waals surface area contributed by atoms with Gasteiger partial charge in [-0.1, -0.05) is 12.1 Å². The molecule has 0 aliphatic carbocycles. The summed E-state index contributed by atoms with van der Waals surface area (Å²) < 4.78 is 45.9. The Morgan fingerprint density at radius 2 is 1.94 bits per heavy atom. The molecule has 1 aliphatic rings. The summed E-state index contributed by atoms with van der Waals surface area (Å²) >= 11 is 0. The molecule has 1 saturated heterocycles. The fourth-order valence-corrected chi connectivity index (χ4v) is 4.41. The van der Waals surface area contributed by atoms with E-state index in [-0.39, 0.29) is 18.4 Å². The predicted octanol–water partition coefficient (Wildman–Crippen LogP) is 4.88. The number of rotatable bonds is 5. The molecule has 10 heteroatoms. The first kappa shape index (κ1) is 22.8. The van der Waals surface area contributed by atoms with Gasteiger partial charge in [-0.25, -0.2) is 9.50 Å². The molecular formula is C25H22F3N5O2. The van der Waals surface area contributed by atoms with E-state index in [4.69, 9.17) is 4.74 Å². The number of fused-ring (bicyclic) bond motifs is 1. The molecule has 180 valence electrons. The molecule has 4 aromatic heterocycles. The summed E-state index contributed by atoms with van der Waals surface area (Å²) in [6, 6.07) is 13.1. The van der Waals surface area contributed by atoms with Crippen LogP contribution in [0.1, 0.15) is 35.7 Å². The van der Waals surface area contributed by atoms with Crippen LogP contribution < -0.4 is 4.74 Å². The van der Waals surface area contributed by atoms with Crippen LogP contribution in [0, 0.1) is 0 Å². The lowest BCUT2D eigenvalue weighted by Crippen LogP contribution is -2.49. The van der Waals surface area contributed by atoms with Crippen molar-refractivity contribution in [1.82, 2.24) is 24.5 Å². The van der Waals surface area contributed by atoms with Crippen molar-refractivity contribution in [2.24, 2.45) is 0 Å². The third-order valence-electron chi connectivity index (χ3n) is 6.25. The van der Waals surface area contributed by atoms with Gasteiger partial charge in [-0.2, -0.15) is 18.3 Å². The van der Waals surface area contributed by atoms with Crippen LogP contribution in [0.15, 0.2) is 67.1 Å². The van der Waals surface area contributed by atoms with Crippen LogP contribution in [0.5, 0.6) is 5.88 Å². The molecule has 0 spiro atoms. The molecule has 0 unspecified atom stereocenters. The molecule has 1 fully saturated rings. The molecule has 1 amide bonds. The maximum atomic E-state index is 13.9. The lowest BCUT2D eigenvalue weighted by Gasteiger charge is -2.35. The highest BCUT2D eigenvalue weighted by Crippen LogP contribution is 2.35. The first-order valence-electron chi connectivity index (χ1n) is 11.1. The van der Waals surface area contributed by atoms with Crippen molar-refractivity contribution in [2.45, 2.75) is 31.5 Å². The quantitative estimate of drug-likeness (QED) is 0.406. The highest BCUT2D eigenvalue weighted by atomic mass is 19.4. The van der Waals surface area contributed by atoms with Gasteiger partial charge < -0.3 is 9.64 Å². The van der Waals surface area contributed by atoms with Gasteiger partial charge in [-0.05, 0) is 50.1 Å². The van der Waals surface area contributed by atoms with Gasteiger partial charge in [0.05, 0.1) is 27.9 Å². The minimum Gasteiger partial charge on any atom is -0.475 e. The number of alkyl halides is 3. The second-order valence-corrected chi connectivity index (χ2v) is 8.70. The van der Waals surface area contributed by atoms with Gasteiger partial charge in [0.15, 0.2) is 0 Å². The van der Waals surface area contributed by atoms with Crippen LogP contribution in [0.2, 0.25) is 0 Å². The van der Waals surface area contributed by atoms with E-state index in [0.717, 1.165) is 18.7 Å². The van der Waals surface area contributed by atoms with Gasteiger partial charge in [-0.3, -0.25) is 9.78 Å². The van der Waals surface area contributed by atoms with E-state index in [1.165, 1.54) is 6.07 Å². The van der Waals surface area contributed by atoms with Gasteiger partial charge in [0.1, 0.15) is 12.3 Å². The highest BCUT2D eigenvalue weighted by molar-refractivity contribution is 6.06. The lowest BCUT2D eigenvalue weighted by atomic mass is 9.99. The molecule has 5 rings (SSSR count). The number of nitrogens with zero attached hydrogens (tertiary/aromatic N) is 5. The maximum absolute atomic E-state index is 13.9. The van der Waals surface area contributed by atoms with Crippen molar-refractivity contribution in [2.75, 3.05) is 13.2 Å². The average molecular weight is 481 g/mol.